The summed E-state index contributed by atoms with van der Waals surface area (Å²) in [4.78, 5) is 0. The van der Waals surface area contributed by atoms with Gasteiger partial charge in [-0.3, -0.25) is 4.72 Å². The van der Waals surface area contributed by atoms with Gasteiger partial charge in [-0.2, -0.15) is 0 Å². The summed E-state index contributed by atoms with van der Waals surface area (Å²) < 4.78 is 27.6. The second kappa shape index (κ2) is 4.83. The number of thiophene rings is 1. The maximum atomic E-state index is 12.0. The molecule has 7 heteroatoms. The van der Waals surface area contributed by atoms with Crippen molar-refractivity contribution in [2.75, 3.05) is 10.5 Å². The van der Waals surface area contributed by atoms with Gasteiger partial charge in [0.05, 0.1) is 0 Å². The SMILES string of the molecule is Nc1csc(S(=O)(=O)Nc2cccc(I)c2)c1. The molecule has 0 fully saturated rings. The van der Waals surface area contributed by atoms with E-state index in [-0.39, 0.29) is 4.21 Å². The first-order valence-corrected chi connectivity index (χ1v) is 8.04. The van der Waals surface area contributed by atoms with Crippen LogP contribution in [-0.2, 0) is 10.0 Å². The Morgan fingerprint density at radius 1 is 1.29 bits per heavy atom. The minimum atomic E-state index is -3.52. The molecule has 1 heterocycles. The molecule has 4 nitrogen and oxygen atoms in total. The van der Waals surface area contributed by atoms with Crippen molar-refractivity contribution < 1.29 is 8.42 Å². The molecule has 0 aliphatic rings. The van der Waals surface area contributed by atoms with Crippen LogP contribution < -0.4 is 10.5 Å². The van der Waals surface area contributed by atoms with Gasteiger partial charge in [-0.1, -0.05) is 6.07 Å². The molecular weight excluding hydrogens is 371 g/mol. The Balaban J connectivity index is 2.29. The molecule has 3 N–H and O–H groups in total. The Bertz CT molecular complexity index is 637. The van der Waals surface area contributed by atoms with Crippen molar-refractivity contribution in [3.63, 3.8) is 0 Å². The van der Waals surface area contributed by atoms with E-state index in [1.807, 2.05) is 6.07 Å². The zero-order chi connectivity index (χ0) is 12.5. The number of hydrogen-bond acceptors (Lipinski definition) is 4. The van der Waals surface area contributed by atoms with Gasteiger partial charge in [0.15, 0.2) is 0 Å². The number of anilines is 2. The number of hydrogen-bond donors (Lipinski definition) is 2. The average Bonchev–Trinajstić information content (AvgIpc) is 2.65. The van der Waals surface area contributed by atoms with Crippen LogP contribution in [0.1, 0.15) is 0 Å². The largest absolute Gasteiger partial charge is 0.398 e. The molecule has 0 amide bonds. The summed E-state index contributed by atoms with van der Waals surface area (Å²) in [6.45, 7) is 0. The molecular formula is C10H9IN2O2S2. The lowest BCUT2D eigenvalue weighted by molar-refractivity contribution is 0.603. The predicted molar refractivity (Wildman–Crippen MR) is 78.7 cm³/mol. The number of halogens is 1. The summed E-state index contributed by atoms with van der Waals surface area (Å²) in [6, 6.07) is 8.59. The lowest BCUT2D eigenvalue weighted by Crippen LogP contribution is -2.11. The quantitative estimate of drug-likeness (QED) is 0.805. The second-order valence-electron chi connectivity index (χ2n) is 3.31. The van der Waals surface area contributed by atoms with E-state index in [9.17, 15) is 8.42 Å². The van der Waals surface area contributed by atoms with Crippen LogP contribution in [0, 0.1) is 3.57 Å². The fourth-order valence-electron chi connectivity index (χ4n) is 1.23. The molecule has 0 spiro atoms. The monoisotopic (exact) mass is 380 g/mol. The van der Waals surface area contributed by atoms with Crippen LogP contribution >= 0.6 is 33.9 Å². The highest BCUT2D eigenvalue weighted by Gasteiger charge is 2.16. The fraction of sp³-hybridized carbons (Fsp3) is 0. The minimum Gasteiger partial charge on any atom is -0.398 e. The highest BCUT2D eigenvalue weighted by molar-refractivity contribution is 14.1. The molecule has 0 radical (unpaired) electrons. The van der Waals surface area contributed by atoms with Gasteiger partial charge < -0.3 is 5.73 Å². The molecule has 2 rings (SSSR count). The van der Waals surface area contributed by atoms with Crippen LogP contribution in [0.25, 0.3) is 0 Å². The molecule has 90 valence electrons. The van der Waals surface area contributed by atoms with Crippen LogP contribution in [0.3, 0.4) is 0 Å². The first-order chi connectivity index (χ1) is 7.97. The van der Waals surface area contributed by atoms with E-state index in [0.29, 0.717) is 11.4 Å². The highest BCUT2D eigenvalue weighted by atomic mass is 127. The molecule has 0 bridgehead atoms. The normalized spacial score (nSPS) is 11.4. The summed E-state index contributed by atoms with van der Waals surface area (Å²) in [6.07, 6.45) is 0. The van der Waals surface area contributed by atoms with E-state index >= 15 is 0 Å². The summed E-state index contributed by atoms with van der Waals surface area (Å²) in [5.41, 5.74) is 6.51. The fourth-order valence-corrected chi connectivity index (χ4v) is 3.90. The number of nitrogens with one attached hydrogen (secondary N) is 1. The van der Waals surface area contributed by atoms with Crippen LogP contribution in [0.2, 0.25) is 0 Å². The van der Waals surface area contributed by atoms with Crippen LogP contribution in [0.4, 0.5) is 11.4 Å². The van der Waals surface area contributed by atoms with Crippen LogP contribution in [0.5, 0.6) is 0 Å². The Kier molecular flexibility index (Phi) is 3.59. The molecule has 0 saturated heterocycles. The zero-order valence-electron chi connectivity index (χ0n) is 8.55. The maximum absolute atomic E-state index is 12.0. The minimum absolute atomic E-state index is 0.217. The van der Waals surface area contributed by atoms with Crippen molar-refractivity contribution in [3.05, 3.63) is 39.3 Å². The molecule has 0 aliphatic heterocycles. The molecule has 0 saturated carbocycles. The first-order valence-electron chi connectivity index (χ1n) is 4.60. The average molecular weight is 380 g/mol. The summed E-state index contributed by atoms with van der Waals surface area (Å²) in [5, 5.41) is 1.60. The number of benzene rings is 1. The van der Waals surface area contributed by atoms with Gasteiger partial charge in [-0.15, -0.1) is 11.3 Å². The molecule has 0 aliphatic carbocycles. The predicted octanol–water partition coefficient (Wildman–Crippen LogP) is 2.74. The van der Waals surface area contributed by atoms with Gasteiger partial charge in [0.1, 0.15) is 4.21 Å². The summed E-state index contributed by atoms with van der Waals surface area (Å²) in [7, 11) is -3.52. The van der Waals surface area contributed by atoms with Gasteiger partial charge in [0, 0.05) is 20.3 Å². The molecule has 0 atom stereocenters. The molecule has 2 aromatic rings. The lowest BCUT2D eigenvalue weighted by atomic mass is 10.3. The first kappa shape index (κ1) is 12.7. The summed E-state index contributed by atoms with van der Waals surface area (Å²) >= 11 is 3.23. The Morgan fingerprint density at radius 3 is 2.65 bits per heavy atom. The van der Waals surface area contributed by atoms with Gasteiger partial charge in [0.2, 0.25) is 0 Å². The van der Waals surface area contributed by atoms with Crippen molar-refractivity contribution in [1.29, 1.82) is 0 Å². The smallest absolute Gasteiger partial charge is 0.271 e. The number of nitrogen functional groups attached to an aromatic ring is 1. The van der Waals surface area contributed by atoms with Crippen molar-refractivity contribution >= 4 is 55.3 Å². The van der Waals surface area contributed by atoms with E-state index in [4.69, 9.17) is 5.73 Å². The van der Waals surface area contributed by atoms with Crippen molar-refractivity contribution in [3.8, 4) is 0 Å². The van der Waals surface area contributed by atoms with Gasteiger partial charge in [-0.05, 0) is 46.9 Å². The number of rotatable bonds is 3. The van der Waals surface area contributed by atoms with Crippen molar-refractivity contribution in [2.24, 2.45) is 0 Å². The van der Waals surface area contributed by atoms with Gasteiger partial charge >= 0.3 is 0 Å². The lowest BCUT2D eigenvalue weighted by Gasteiger charge is -2.06. The number of nitrogens with two attached hydrogens (primary N) is 1. The van der Waals surface area contributed by atoms with Gasteiger partial charge in [0.25, 0.3) is 10.0 Å². The summed E-state index contributed by atoms with van der Waals surface area (Å²) in [5.74, 6) is 0. The molecule has 17 heavy (non-hydrogen) atoms. The third kappa shape index (κ3) is 3.11. The van der Waals surface area contributed by atoms with Crippen molar-refractivity contribution in [2.45, 2.75) is 4.21 Å². The second-order valence-corrected chi connectivity index (χ2v) is 7.38. The van der Waals surface area contributed by atoms with Crippen LogP contribution in [0.15, 0.2) is 39.9 Å². The third-order valence-electron chi connectivity index (χ3n) is 1.94. The Labute approximate surface area is 117 Å². The zero-order valence-corrected chi connectivity index (χ0v) is 12.3. The molecule has 1 aromatic carbocycles. The standard InChI is InChI=1S/C10H9IN2O2S2/c11-7-2-1-3-9(4-7)13-17(14,15)10-5-8(12)6-16-10/h1-6,13H,12H2. The van der Waals surface area contributed by atoms with E-state index in [1.165, 1.54) is 6.07 Å². The van der Waals surface area contributed by atoms with Gasteiger partial charge in [-0.25, -0.2) is 8.42 Å². The highest BCUT2D eigenvalue weighted by Crippen LogP contribution is 2.24. The van der Waals surface area contributed by atoms with E-state index < -0.39 is 10.0 Å². The third-order valence-corrected chi connectivity index (χ3v) is 5.45. The Morgan fingerprint density at radius 2 is 2.06 bits per heavy atom. The Hall–Kier alpha value is -0.800. The number of sulfonamides is 1. The van der Waals surface area contributed by atoms with E-state index in [0.717, 1.165) is 14.9 Å². The van der Waals surface area contributed by atoms with E-state index in [2.05, 4.69) is 27.3 Å². The molecule has 0 unspecified atom stereocenters. The van der Waals surface area contributed by atoms with Crippen molar-refractivity contribution in [1.82, 2.24) is 0 Å². The maximum Gasteiger partial charge on any atom is 0.271 e. The molecule has 1 aromatic heterocycles. The topological polar surface area (TPSA) is 72.2 Å². The van der Waals surface area contributed by atoms with E-state index in [1.54, 1.807) is 23.6 Å². The van der Waals surface area contributed by atoms with Crippen LogP contribution in [-0.4, -0.2) is 8.42 Å².